The van der Waals surface area contributed by atoms with Crippen molar-refractivity contribution in [3.8, 4) is 5.75 Å². The molecule has 28 heavy (non-hydrogen) atoms. The van der Waals surface area contributed by atoms with Gasteiger partial charge < -0.3 is 10.1 Å². The number of carbonyl (C=O) groups is 1. The van der Waals surface area contributed by atoms with Gasteiger partial charge in [0.25, 0.3) is 0 Å². The van der Waals surface area contributed by atoms with Crippen molar-refractivity contribution in [2.24, 2.45) is 0 Å². The van der Waals surface area contributed by atoms with Gasteiger partial charge in [-0.05, 0) is 55.8 Å². The van der Waals surface area contributed by atoms with E-state index in [4.69, 9.17) is 16.3 Å². The minimum Gasteiger partial charge on any atom is -0.494 e. The number of halogens is 1. The fraction of sp³-hybridized carbons (Fsp3) is 0.350. The third-order valence-electron chi connectivity index (χ3n) is 4.19. The molecule has 8 heteroatoms. The molecule has 1 amide bonds. The Hall–Kier alpha value is -2.09. The molecular formula is C20H25ClN2O4S. The second-order valence-corrected chi connectivity index (χ2v) is 8.55. The average Bonchev–Trinajstić information content (AvgIpc) is 2.67. The van der Waals surface area contributed by atoms with Crippen LogP contribution >= 0.6 is 11.6 Å². The van der Waals surface area contributed by atoms with Crippen LogP contribution < -0.4 is 10.1 Å². The second kappa shape index (κ2) is 9.91. The molecule has 1 N–H and O–H groups in total. The summed E-state index contributed by atoms with van der Waals surface area (Å²) in [5.74, 6) is 0.220. The molecule has 0 bridgehead atoms. The molecule has 1 atom stereocenters. The van der Waals surface area contributed by atoms with Gasteiger partial charge in [0.1, 0.15) is 5.75 Å². The lowest BCUT2D eigenvalue weighted by molar-refractivity contribution is -0.121. The zero-order chi connectivity index (χ0) is 20.7. The molecule has 152 valence electrons. The van der Waals surface area contributed by atoms with Crippen molar-refractivity contribution < 1.29 is 17.9 Å². The summed E-state index contributed by atoms with van der Waals surface area (Å²) in [5, 5.41) is 3.43. The van der Waals surface area contributed by atoms with Crippen LogP contribution in [0.5, 0.6) is 5.75 Å². The van der Waals surface area contributed by atoms with Gasteiger partial charge in [0.05, 0.1) is 24.1 Å². The first-order chi connectivity index (χ1) is 13.3. The van der Waals surface area contributed by atoms with E-state index in [9.17, 15) is 13.2 Å². The van der Waals surface area contributed by atoms with E-state index >= 15 is 0 Å². The molecular weight excluding hydrogens is 400 g/mol. The van der Waals surface area contributed by atoms with Crippen molar-refractivity contribution in [1.82, 2.24) is 9.62 Å². The predicted octanol–water partition coefficient (Wildman–Crippen LogP) is 3.63. The van der Waals surface area contributed by atoms with Crippen molar-refractivity contribution in [3.05, 3.63) is 59.1 Å². The third kappa shape index (κ3) is 5.70. The van der Waals surface area contributed by atoms with E-state index in [1.807, 2.05) is 26.0 Å². The highest BCUT2D eigenvalue weighted by Crippen LogP contribution is 2.20. The molecule has 2 aromatic rings. The van der Waals surface area contributed by atoms with Crippen molar-refractivity contribution in [2.45, 2.75) is 31.7 Å². The van der Waals surface area contributed by atoms with E-state index in [0.717, 1.165) is 9.87 Å². The first kappa shape index (κ1) is 22.2. The Kier molecular flexibility index (Phi) is 7.86. The van der Waals surface area contributed by atoms with E-state index in [0.29, 0.717) is 17.4 Å². The summed E-state index contributed by atoms with van der Waals surface area (Å²) in [6.45, 7) is 5.80. The summed E-state index contributed by atoms with van der Waals surface area (Å²) in [6, 6.07) is 13.0. The standard InChI is InChI=1S/C20H25ClN2O4S/c1-4-23(28(25,26)19-12-10-18(11-13-19)27-5-2)14-20(24)22-15(3)16-6-8-17(21)9-7-16/h6-13,15H,4-5,14H2,1-3H3,(H,22,24)/t15-/m1/s1. The number of nitrogens with zero attached hydrogens (tertiary/aromatic N) is 1. The summed E-state index contributed by atoms with van der Waals surface area (Å²) in [5.41, 5.74) is 0.884. The first-order valence-electron chi connectivity index (χ1n) is 9.05. The molecule has 0 saturated heterocycles. The number of carbonyl (C=O) groups excluding carboxylic acids is 1. The van der Waals surface area contributed by atoms with E-state index in [2.05, 4.69) is 5.32 Å². The maximum Gasteiger partial charge on any atom is 0.243 e. The SMILES string of the molecule is CCOc1ccc(S(=O)(=O)N(CC)CC(=O)N[C@H](C)c2ccc(Cl)cc2)cc1. The Morgan fingerprint density at radius 2 is 1.71 bits per heavy atom. The van der Waals surface area contributed by atoms with E-state index < -0.39 is 10.0 Å². The lowest BCUT2D eigenvalue weighted by Crippen LogP contribution is -2.41. The Morgan fingerprint density at radius 1 is 1.11 bits per heavy atom. The van der Waals surface area contributed by atoms with Crippen LogP contribution in [0.4, 0.5) is 0 Å². The molecule has 0 aliphatic carbocycles. The molecule has 0 spiro atoms. The number of benzene rings is 2. The van der Waals surface area contributed by atoms with Crippen molar-refractivity contribution in [3.63, 3.8) is 0 Å². The molecule has 0 radical (unpaired) electrons. The lowest BCUT2D eigenvalue weighted by atomic mass is 10.1. The smallest absolute Gasteiger partial charge is 0.243 e. The lowest BCUT2D eigenvalue weighted by Gasteiger charge is -2.22. The van der Waals surface area contributed by atoms with Crippen molar-refractivity contribution in [2.75, 3.05) is 19.7 Å². The van der Waals surface area contributed by atoms with E-state index in [1.54, 1.807) is 31.2 Å². The first-order valence-corrected chi connectivity index (χ1v) is 10.9. The second-order valence-electron chi connectivity index (χ2n) is 6.18. The van der Waals surface area contributed by atoms with Gasteiger partial charge in [-0.3, -0.25) is 4.79 Å². The summed E-state index contributed by atoms with van der Waals surface area (Å²) in [4.78, 5) is 12.5. The van der Waals surface area contributed by atoms with E-state index in [-0.39, 0.29) is 29.9 Å². The minimum absolute atomic E-state index is 0.122. The number of hydrogen-bond acceptors (Lipinski definition) is 4. The van der Waals surface area contributed by atoms with Crippen LogP contribution in [0.3, 0.4) is 0 Å². The number of nitrogens with one attached hydrogen (secondary N) is 1. The highest BCUT2D eigenvalue weighted by Gasteiger charge is 2.25. The molecule has 0 heterocycles. The number of amides is 1. The molecule has 6 nitrogen and oxygen atoms in total. The quantitative estimate of drug-likeness (QED) is 0.667. The largest absolute Gasteiger partial charge is 0.494 e. The maximum absolute atomic E-state index is 12.9. The van der Waals surface area contributed by atoms with Gasteiger partial charge in [-0.2, -0.15) is 4.31 Å². The van der Waals surface area contributed by atoms with Gasteiger partial charge in [-0.15, -0.1) is 0 Å². The summed E-state index contributed by atoms with van der Waals surface area (Å²) < 4.78 is 32.2. The normalized spacial score (nSPS) is 12.6. The maximum atomic E-state index is 12.9. The molecule has 0 unspecified atom stereocenters. The highest BCUT2D eigenvalue weighted by atomic mass is 35.5. The van der Waals surface area contributed by atoms with Crippen LogP contribution in [0.1, 0.15) is 32.4 Å². The topological polar surface area (TPSA) is 75.7 Å². The van der Waals surface area contributed by atoms with Crippen LogP contribution in [0.15, 0.2) is 53.4 Å². The predicted molar refractivity (Wildman–Crippen MR) is 110 cm³/mol. The summed E-state index contributed by atoms with van der Waals surface area (Å²) >= 11 is 5.88. The zero-order valence-corrected chi connectivity index (χ0v) is 17.8. The molecule has 0 aliphatic heterocycles. The molecule has 0 saturated carbocycles. The Bertz CT molecular complexity index is 883. The number of likely N-dealkylation sites (N-methyl/N-ethyl adjacent to an activating group) is 1. The van der Waals surface area contributed by atoms with Gasteiger partial charge in [-0.1, -0.05) is 30.7 Å². The molecule has 2 rings (SSSR count). The fourth-order valence-electron chi connectivity index (χ4n) is 2.67. The van der Waals surface area contributed by atoms with Crippen molar-refractivity contribution in [1.29, 1.82) is 0 Å². The van der Waals surface area contributed by atoms with Gasteiger partial charge >= 0.3 is 0 Å². The van der Waals surface area contributed by atoms with Gasteiger partial charge in [-0.25, -0.2) is 8.42 Å². The van der Waals surface area contributed by atoms with Gasteiger partial charge in [0.15, 0.2) is 0 Å². The van der Waals surface area contributed by atoms with Crippen LogP contribution in [-0.2, 0) is 14.8 Å². The number of rotatable bonds is 9. The summed E-state index contributed by atoms with van der Waals surface area (Å²) in [7, 11) is -3.78. The molecule has 0 aliphatic rings. The molecule has 2 aromatic carbocycles. The van der Waals surface area contributed by atoms with Crippen LogP contribution in [0.2, 0.25) is 5.02 Å². The number of ether oxygens (including phenoxy) is 1. The van der Waals surface area contributed by atoms with Gasteiger partial charge in [0.2, 0.25) is 15.9 Å². The monoisotopic (exact) mass is 424 g/mol. The summed E-state index contributed by atoms with van der Waals surface area (Å²) in [6.07, 6.45) is 0. The van der Waals surface area contributed by atoms with Crippen LogP contribution in [-0.4, -0.2) is 38.3 Å². The Balaban J connectivity index is 2.06. The average molecular weight is 425 g/mol. The number of hydrogen-bond donors (Lipinski definition) is 1. The molecule has 0 aromatic heterocycles. The molecule has 0 fully saturated rings. The Labute approximate surface area is 171 Å². The number of sulfonamides is 1. The Morgan fingerprint density at radius 3 is 2.25 bits per heavy atom. The minimum atomic E-state index is -3.78. The van der Waals surface area contributed by atoms with Gasteiger partial charge in [0, 0.05) is 11.6 Å². The van der Waals surface area contributed by atoms with Crippen molar-refractivity contribution >= 4 is 27.5 Å². The fourth-order valence-corrected chi connectivity index (χ4v) is 4.20. The van der Waals surface area contributed by atoms with Crippen LogP contribution in [0.25, 0.3) is 0 Å². The highest BCUT2D eigenvalue weighted by molar-refractivity contribution is 7.89. The third-order valence-corrected chi connectivity index (χ3v) is 6.38. The zero-order valence-electron chi connectivity index (χ0n) is 16.2. The van der Waals surface area contributed by atoms with Crippen LogP contribution in [0, 0.1) is 0 Å². The van der Waals surface area contributed by atoms with E-state index in [1.165, 1.54) is 12.1 Å².